The van der Waals surface area contributed by atoms with E-state index >= 15 is 0 Å². The van der Waals surface area contributed by atoms with E-state index in [0.29, 0.717) is 24.7 Å². The largest absolute Gasteiger partial charge is 0.474 e. The molecule has 2 heterocycles. The van der Waals surface area contributed by atoms with Gasteiger partial charge < -0.3 is 15.4 Å². The van der Waals surface area contributed by atoms with E-state index in [1.54, 1.807) is 12.1 Å². The summed E-state index contributed by atoms with van der Waals surface area (Å²) >= 11 is 0. The first-order chi connectivity index (χ1) is 11.9. The minimum atomic E-state index is -0.274. The Bertz CT molecular complexity index is 775. The van der Waals surface area contributed by atoms with Crippen LogP contribution in [-0.2, 0) is 11.2 Å². The van der Waals surface area contributed by atoms with E-state index < -0.39 is 0 Å². The lowest BCUT2D eigenvalue weighted by Gasteiger charge is -2.25. The fourth-order valence-electron chi connectivity index (χ4n) is 2.59. The molecule has 1 atom stereocenters. The number of rotatable bonds is 4. The van der Waals surface area contributed by atoms with Crippen LogP contribution >= 0.6 is 0 Å². The third-order valence-electron chi connectivity index (χ3n) is 4.01. The van der Waals surface area contributed by atoms with Gasteiger partial charge in [-0.1, -0.05) is 26.0 Å². The van der Waals surface area contributed by atoms with E-state index in [1.165, 1.54) is 12.1 Å². The Morgan fingerprint density at radius 3 is 2.80 bits per heavy atom. The molecule has 0 fully saturated rings. The molecule has 1 aliphatic rings. The van der Waals surface area contributed by atoms with Crippen LogP contribution in [-0.4, -0.2) is 23.5 Å². The molecule has 0 bridgehead atoms. The highest BCUT2D eigenvalue weighted by Crippen LogP contribution is 2.32. The van der Waals surface area contributed by atoms with E-state index in [2.05, 4.69) is 15.6 Å². The van der Waals surface area contributed by atoms with Gasteiger partial charge in [0.25, 0.3) is 0 Å². The number of aromatic nitrogens is 1. The van der Waals surface area contributed by atoms with E-state index in [0.717, 1.165) is 16.8 Å². The minimum absolute atomic E-state index is 0.107. The van der Waals surface area contributed by atoms with Crippen molar-refractivity contribution in [2.24, 2.45) is 5.92 Å². The molecule has 25 heavy (non-hydrogen) atoms. The number of benzene rings is 1. The quantitative estimate of drug-likeness (QED) is 0.890. The molecular formula is C19H22FN3O2. The van der Waals surface area contributed by atoms with E-state index in [9.17, 15) is 9.18 Å². The van der Waals surface area contributed by atoms with Crippen LogP contribution in [0.2, 0.25) is 0 Å². The molecule has 3 rings (SSSR count). The van der Waals surface area contributed by atoms with Gasteiger partial charge in [-0.15, -0.1) is 0 Å². The number of anilines is 2. The zero-order chi connectivity index (χ0) is 18.0. The first-order valence-electron chi connectivity index (χ1n) is 8.41. The second kappa shape index (κ2) is 7.09. The molecule has 0 radical (unpaired) electrons. The van der Waals surface area contributed by atoms with Gasteiger partial charge in [0.1, 0.15) is 18.2 Å². The van der Waals surface area contributed by atoms with Gasteiger partial charge in [0.15, 0.2) is 0 Å². The summed E-state index contributed by atoms with van der Waals surface area (Å²) in [5, 5.41) is 6.21. The van der Waals surface area contributed by atoms with Gasteiger partial charge in [0.2, 0.25) is 11.8 Å². The maximum Gasteiger partial charge on any atom is 0.239 e. The Hall–Kier alpha value is -2.63. The number of ether oxygens (including phenoxy) is 1. The number of hydrogen-bond acceptors (Lipinski definition) is 4. The number of nitrogens with zero attached hydrogens (tertiary/aromatic N) is 1. The van der Waals surface area contributed by atoms with Crippen molar-refractivity contribution in [3.63, 3.8) is 0 Å². The lowest BCUT2D eigenvalue weighted by atomic mass is 10.0. The van der Waals surface area contributed by atoms with Crippen LogP contribution in [0.25, 0.3) is 0 Å². The minimum Gasteiger partial charge on any atom is -0.474 e. The molecular weight excluding hydrogens is 321 g/mol. The van der Waals surface area contributed by atoms with Crippen molar-refractivity contribution in [2.45, 2.75) is 33.2 Å². The summed E-state index contributed by atoms with van der Waals surface area (Å²) in [7, 11) is 0. The predicted octanol–water partition coefficient (Wildman–Crippen LogP) is 3.60. The number of hydrogen-bond donors (Lipinski definition) is 2. The Morgan fingerprint density at radius 2 is 2.12 bits per heavy atom. The maximum atomic E-state index is 13.1. The molecule has 2 aromatic rings. The summed E-state index contributed by atoms with van der Waals surface area (Å²) in [4.78, 5) is 16.6. The SMILES string of the molecule is CC(C)C(=O)Nc1nc2c(cc1Cc1ccc(F)cc1)N[C@@H](C)CO2. The van der Waals surface area contributed by atoms with Crippen molar-refractivity contribution in [1.29, 1.82) is 0 Å². The predicted molar refractivity (Wildman–Crippen MR) is 95.5 cm³/mol. The zero-order valence-corrected chi connectivity index (χ0v) is 14.6. The molecule has 1 amide bonds. The van der Waals surface area contributed by atoms with Gasteiger partial charge in [-0.05, 0) is 30.7 Å². The number of carbonyl (C=O) groups is 1. The first-order valence-corrected chi connectivity index (χ1v) is 8.41. The normalized spacial score (nSPS) is 16.0. The molecule has 1 aliphatic heterocycles. The average Bonchev–Trinajstić information content (AvgIpc) is 2.57. The number of amides is 1. The molecule has 0 unspecified atom stereocenters. The third kappa shape index (κ3) is 4.07. The van der Waals surface area contributed by atoms with E-state index in [1.807, 2.05) is 26.8 Å². The van der Waals surface area contributed by atoms with Crippen molar-refractivity contribution in [1.82, 2.24) is 4.98 Å². The van der Waals surface area contributed by atoms with Crippen LogP contribution in [0, 0.1) is 11.7 Å². The molecule has 0 saturated heterocycles. The average molecular weight is 343 g/mol. The summed E-state index contributed by atoms with van der Waals surface area (Å²) in [6, 6.07) is 8.44. The van der Waals surface area contributed by atoms with E-state index in [-0.39, 0.29) is 23.7 Å². The highest BCUT2D eigenvalue weighted by atomic mass is 19.1. The smallest absolute Gasteiger partial charge is 0.239 e. The topological polar surface area (TPSA) is 63.2 Å². The van der Waals surface area contributed by atoms with Crippen molar-refractivity contribution < 1.29 is 13.9 Å². The zero-order valence-electron chi connectivity index (χ0n) is 14.6. The van der Waals surface area contributed by atoms with Crippen LogP contribution in [0.4, 0.5) is 15.9 Å². The lowest BCUT2D eigenvalue weighted by Crippen LogP contribution is -2.29. The van der Waals surface area contributed by atoms with Gasteiger partial charge in [-0.2, -0.15) is 4.98 Å². The third-order valence-corrected chi connectivity index (χ3v) is 4.01. The number of pyridine rings is 1. The highest BCUT2D eigenvalue weighted by molar-refractivity contribution is 5.92. The summed E-state index contributed by atoms with van der Waals surface area (Å²) in [5.41, 5.74) is 2.59. The van der Waals surface area contributed by atoms with E-state index in [4.69, 9.17) is 4.74 Å². The molecule has 5 nitrogen and oxygen atoms in total. The Kier molecular flexibility index (Phi) is 4.88. The van der Waals surface area contributed by atoms with Gasteiger partial charge in [-0.25, -0.2) is 4.39 Å². The molecule has 0 saturated carbocycles. The van der Waals surface area contributed by atoms with Crippen LogP contribution in [0.1, 0.15) is 31.9 Å². The summed E-state index contributed by atoms with van der Waals surface area (Å²) in [6.45, 7) is 6.20. The van der Waals surface area contributed by atoms with Crippen molar-refractivity contribution in [2.75, 3.05) is 17.2 Å². The number of nitrogens with one attached hydrogen (secondary N) is 2. The molecule has 1 aromatic carbocycles. The standard InChI is InChI=1S/C19H22FN3O2/c1-11(2)18(24)22-17-14(8-13-4-6-15(20)7-5-13)9-16-19(23-17)25-10-12(3)21-16/h4-7,9,11-12,21H,8,10H2,1-3H3,(H,22,23,24)/t12-/m0/s1. The Balaban J connectivity index is 1.95. The Labute approximate surface area is 146 Å². The Morgan fingerprint density at radius 1 is 1.40 bits per heavy atom. The molecule has 0 spiro atoms. The van der Waals surface area contributed by atoms with Gasteiger partial charge in [0.05, 0.1) is 11.7 Å². The molecule has 0 aliphatic carbocycles. The maximum absolute atomic E-state index is 13.1. The van der Waals surface area contributed by atoms with Crippen molar-refractivity contribution >= 4 is 17.4 Å². The van der Waals surface area contributed by atoms with Crippen molar-refractivity contribution in [3.8, 4) is 5.88 Å². The number of fused-ring (bicyclic) bond motifs is 1. The number of carbonyl (C=O) groups excluding carboxylic acids is 1. The monoisotopic (exact) mass is 343 g/mol. The molecule has 6 heteroatoms. The summed E-state index contributed by atoms with van der Waals surface area (Å²) < 4.78 is 18.8. The van der Waals surface area contributed by atoms with Gasteiger partial charge in [-0.3, -0.25) is 4.79 Å². The fourth-order valence-corrected chi connectivity index (χ4v) is 2.59. The molecule has 2 N–H and O–H groups in total. The second-order valence-electron chi connectivity index (χ2n) is 6.65. The summed E-state index contributed by atoms with van der Waals surface area (Å²) in [5.74, 6) is 0.434. The first kappa shape index (κ1) is 17.2. The van der Waals surface area contributed by atoms with Crippen LogP contribution in [0.15, 0.2) is 30.3 Å². The van der Waals surface area contributed by atoms with Crippen LogP contribution < -0.4 is 15.4 Å². The van der Waals surface area contributed by atoms with Crippen molar-refractivity contribution in [3.05, 3.63) is 47.3 Å². The number of halogens is 1. The second-order valence-corrected chi connectivity index (χ2v) is 6.65. The highest BCUT2D eigenvalue weighted by Gasteiger charge is 2.21. The fraction of sp³-hybridized carbons (Fsp3) is 0.368. The summed E-state index contributed by atoms with van der Waals surface area (Å²) in [6.07, 6.45) is 0.532. The van der Waals surface area contributed by atoms with Crippen LogP contribution in [0.5, 0.6) is 5.88 Å². The van der Waals surface area contributed by atoms with Gasteiger partial charge in [0, 0.05) is 17.9 Å². The van der Waals surface area contributed by atoms with Crippen LogP contribution in [0.3, 0.4) is 0 Å². The van der Waals surface area contributed by atoms with Gasteiger partial charge >= 0.3 is 0 Å². The molecule has 132 valence electrons. The molecule has 1 aromatic heterocycles. The lowest BCUT2D eigenvalue weighted by molar-refractivity contribution is -0.118.